The third-order valence-electron chi connectivity index (χ3n) is 6.48. The molecule has 6 nitrogen and oxygen atoms in total. The summed E-state index contributed by atoms with van der Waals surface area (Å²) in [5.74, 6) is 1.17. The van der Waals surface area contributed by atoms with Crippen LogP contribution in [0.5, 0.6) is 0 Å². The van der Waals surface area contributed by atoms with Gasteiger partial charge >= 0.3 is 11.9 Å². The molecule has 0 bridgehead atoms. The molecule has 2 rings (SSSR count). The van der Waals surface area contributed by atoms with Crippen LogP contribution >= 0.6 is 0 Å². The highest BCUT2D eigenvalue weighted by molar-refractivity contribution is 5.87. The number of esters is 2. The summed E-state index contributed by atoms with van der Waals surface area (Å²) in [6.45, 7) is 5.77. The number of rotatable bonds is 7. The number of nitrogens with zero attached hydrogens (tertiary/aromatic N) is 1. The molecule has 28 heavy (non-hydrogen) atoms. The Kier molecular flexibility index (Phi) is 8.52. The van der Waals surface area contributed by atoms with E-state index in [9.17, 15) is 14.4 Å². The van der Waals surface area contributed by atoms with E-state index in [2.05, 4.69) is 6.58 Å². The molecule has 0 radical (unpaired) electrons. The van der Waals surface area contributed by atoms with Crippen molar-refractivity contribution in [1.29, 1.82) is 0 Å². The van der Waals surface area contributed by atoms with Crippen LogP contribution in [-0.4, -0.2) is 50.1 Å². The predicted molar refractivity (Wildman–Crippen MR) is 106 cm³/mol. The van der Waals surface area contributed by atoms with Crippen LogP contribution < -0.4 is 0 Å². The molecule has 2 aliphatic carbocycles. The third kappa shape index (κ3) is 6.08. The zero-order chi connectivity index (χ0) is 20.7. The SMILES string of the molecule is C=C(C)C(=O)OCCN(C)C(=O)C1CCC(C2CCC(C(=O)OC)CC2)CC1. The zero-order valence-corrected chi connectivity index (χ0v) is 17.6. The summed E-state index contributed by atoms with van der Waals surface area (Å²) in [5, 5.41) is 0. The lowest BCUT2D eigenvalue weighted by atomic mass is 9.69. The normalized spacial score (nSPS) is 27.5. The lowest BCUT2D eigenvalue weighted by Crippen LogP contribution is -2.38. The molecule has 158 valence electrons. The van der Waals surface area contributed by atoms with Crippen molar-refractivity contribution in [3.05, 3.63) is 12.2 Å². The number of hydrogen-bond acceptors (Lipinski definition) is 5. The summed E-state index contributed by atoms with van der Waals surface area (Å²) in [4.78, 5) is 37.4. The van der Waals surface area contributed by atoms with Crippen molar-refractivity contribution in [2.75, 3.05) is 27.3 Å². The monoisotopic (exact) mass is 393 g/mol. The highest BCUT2D eigenvalue weighted by Gasteiger charge is 2.35. The Morgan fingerprint density at radius 1 is 0.929 bits per heavy atom. The molecule has 0 spiro atoms. The molecule has 0 aliphatic heterocycles. The van der Waals surface area contributed by atoms with E-state index < -0.39 is 5.97 Å². The average molecular weight is 394 g/mol. The molecular weight excluding hydrogens is 358 g/mol. The van der Waals surface area contributed by atoms with Crippen LogP contribution in [0.2, 0.25) is 0 Å². The molecule has 0 N–H and O–H groups in total. The first-order valence-electron chi connectivity index (χ1n) is 10.5. The van der Waals surface area contributed by atoms with E-state index in [-0.39, 0.29) is 30.3 Å². The first-order chi connectivity index (χ1) is 13.3. The lowest BCUT2D eigenvalue weighted by Gasteiger charge is -2.37. The van der Waals surface area contributed by atoms with E-state index in [0.29, 0.717) is 24.0 Å². The average Bonchev–Trinajstić information content (AvgIpc) is 2.72. The van der Waals surface area contributed by atoms with E-state index >= 15 is 0 Å². The Hall–Kier alpha value is -1.85. The molecule has 2 fully saturated rings. The predicted octanol–water partition coefficient (Wildman–Crippen LogP) is 3.35. The van der Waals surface area contributed by atoms with Crippen molar-refractivity contribution in [3.8, 4) is 0 Å². The van der Waals surface area contributed by atoms with Crippen molar-refractivity contribution in [2.45, 2.75) is 58.3 Å². The van der Waals surface area contributed by atoms with Crippen molar-refractivity contribution < 1.29 is 23.9 Å². The van der Waals surface area contributed by atoms with Gasteiger partial charge in [-0.2, -0.15) is 0 Å². The number of ether oxygens (including phenoxy) is 2. The van der Waals surface area contributed by atoms with Gasteiger partial charge in [0.05, 0.1) is 19.6 Å². The first-order valence-corrected chi connectivity index (χ1v) is 10.5. The van der Waals surface area contributed by atoms with Crippen molar-refractivity contribution in [2.24, 2.45) is 23.7 Å². The smallest absolute Gasteiger partial charge is 0.333 e. The number of likely N-dealkylation sites (N-methyl/N-ethyl adjacent to an activating group) is 1. The maximum Gasteiger partial charge on any atom is 0.333 e. The Balaban J connectivity index is 1.70. The largest absolute Gasteiger partial charge is 0.469 e. The topological polar surface area (TPSA) is 72.9 Å². The molecule has 2 aliphatic rings. The maximum atomic E-state index is 12.7. The number of amides is 1. The van der Waals surface area contributed by atoms with Gasteiger partial charge in [-0.1, -0.05) is 6.58 Å². The molecule has 1 amide bonds. The first kappa shape index (κ1) is 22.4. The molecule has 0 heterocycles. The van der Waals surface area contributed by atoms with Crippen LogP contribution in [0.3, 0.4) is 0 Å². The van der Waals surface area contributed by atoms with Crippen LogP contribution in [0.25, 0.3) is 0 Å². The Morgan fingerprint density at radius 2 is 1.43 bits per heavy atom. The van der Waals surface area contributed by atoms with Gasteiger partial charge in [0.15, 0.2) is 0 Å². The zero-order valence-electron chi connectivity index (χ0n) is 17.6. The maximum absolute atomic E-state index is 12.7. The van der Waals surface area contributed by atoms with Crippen molar-refractivity contribution in [1.82, 2.24) is 4.90 Å². The Labute approximate surface area is 168 Å². The van der Waals surface area contributed by atoms with Gasteiger partial charge < -0.3 is 14.4 Å². The minimum absolute atomic E-state index is 0.0651. The van der Waals surface area contributed by atoms with Crippen LogP contribution in [-0.2, 0) is 23.9 Å². The van der Waals surface area contributed by atoms with Gasteiger partial charge in [0.2, 0.25) is 5.91 Å². The minimum atomic E-state index is -0.414. The molecule has 0 saturated heterocycles. The molecular formula is C22H35NO5. The van der Waals surface area contributed by atoms with E-state index in [0.717, 1.165) is 51.4 Å². The van der Waals surface area contributed by atoms with Gasteiger partial charge in [0.25, 0.3) is 0 Å². The quantitative estimate of drug-likeness (QED) is 0.490. The Morgan fingerprint density at radius 3 is 1.89 bits per heavy atom. The van der Waals surface area contributed by atoms with Gasteiger partial charge in [0.1, 0.15) is 6.61 Å². The fourth-order valence-corrected chi connectivity index (χ4v) is 4.65. The van der Waals surface area contributed by atoms with Gasteiger partial charge in [-0.05, 0) is 70.1 Å². The highest BCUT2D eigenvalue weighted by atomic mass is 16.5. The van der Waals surface area contributed by atoms with Gasteiger partial charge in [-0.25, -0.2) is 4.79 Å². The number of carbonyl (C=O) groups excluding carboxylic acids is 3. The summed E-state index contributed by atoms with van der Waals surface area (Å²) >= 11 is 0. The number of carbonyl (C=O) groups is 3. The second-order valence-electron chi connectivity index (χ2n) is 8.42. The second-order valence-corrected chi connectivity index (χ2v) is 8.42. The number of methoxy groups -OCH3 is 1. The van der Waals surface area contributed by atoms with Crippen LogP contribution in [0.15, 0.2) is 12.2 Å². The van der Waals surface area contributed by atoms with Gasteiger partial charge in [-0.15, -0.1) is 0 Å². The highest BCUT2D eigenvalue weighted by Crippen LogP contribution is 2.41. The molecule has 0 aromatic heterocycles. The van der Waals surface area contributed by atoms with Crippen LogP contribution in [0, 0.1) is 23.7 Å². The molecule has 0 unspecified atom stereocenters. The molecule has 2 saturated carbocycles. The van der Waals surface area contributed by atoms with E-state index in [1.54, 1.807) is 18.9 Å². The third-order valence-corrected chi connectivity index (χ3v) is 6.48. The lowest BCUT2D eigenvalue weighted by molar-refractivity contribution is -0.147. The summed E-state index contributed by atoms with van der Waals surface area (Å²) in [6.07, 6.45) is 8.08. The van der Waals surface area contributed by atoms with Gasteiger partial charge in [-0.3, -0.25) is 9.59 Å². The summed E-state index contributed by atoms with van der Waals surface area (Å²) in [5.41, 5.74) is 0.368. The fraction of sp³-hybridized carbons (Fsp3) is 0.773. The van der Waals surface area contributed by atoms with E-state index in [1.165, 1.54) is 7.11 Å². The molecule has 0 aromatic rings. The van der Waals surface area contributed by atoms with E-state index in [4.69, 9.17) is 9.47 Å². The fourth-order valence-electron chi connectivity index (χ4n) is 4.65. The summed E-state index contributed by atoms with van der Waals surface area (Å²) < 4.78 is 9.95. The molecule has 0 aromatic carbocycles. The molecule has 6 heteroatoms. The number of hydrogen-bond donors (Lipinski definition) is 0. The van der Waals surface area contributed by atoms with E-state index in [1.807, 2.05) is 0 Å². The molecule has 0 atom stereocenters. The van der Waals surface area contributed by atoms with Crippen LogP contribution in [0.1, 0.15) is 58.3 Å². The summed E-state index contributed by atoms with van der Waals surface area (Å²) in [7, 11) is 3.24. The van der Waals surface area contributed by atoms with Crippen molar-refractivity contribution in [3.63, 3.8) is 0 Å². The second kappa shape index (κ2) is 10.6. The Bertz CT molecular complexity index is 571. The standard InChI is InChI=1S/C22H35NO5/c1-15(2)21(25)28-14-13-23(3)20(24)18-9-5-16(6-10-18)17-7-11-19(12-8-17)22(26)27-4/h16-19H,1,5-14H2,2-4H3. The minimum Gasteiger partial charge on any atom is -0.469 e. The summed E-state index contributed by atoms with van der Waals surface area (Å²) in [6, 6.07) is 0. The van der Waals surface area contributed by atoms with Crippen molar-refractivity contribution >= 4 is 17.8 Å². The van der Waals surface area contributed by atoms with Gasteiger partial charge in [0, 0.05) is 18.5 Å². The van der Waals surface area contributed by atoms with Crippen LogP contribution in [0.4, 0.5) is 0 Å².